The SMILES string of the molecule is O=C(NC1CCCC2OCCC12)C(=O)N[C@@H]1CCC[C@H]1c1ccc(C(F)(F)F)cc1. The average molecular weight is 424 g/mol. The average Bonchev–Trinajstić information content (AvgIpc) is 3.37. The molecule has 4 rings (SSSR count). The van der Waals surface area contributed by atoms with Crippen LogP contribution < -0.4 is 10.6 Å². The maximum absolute atomic E-state index is 12.8. The standard InChI is InChI=1S/C22H27F3N2O3/c23-22(24,25)14-9-7-13(8-10-14)15-3-1-4-17(15)26-20(28)21(29)27-18-5-2-6-19-16(18)11-12-30-19/h7-10,15-19H,1-6,11-12H2,(H,26,28)(H,27,29)/t15-,16?,17+,18?,19?/m0/s1. The second-order valence-electron chi connectivity index (χ2n) is 8.61. The summed E-state index contributed by atoms with van der Waals surface area (Å²) < 4.78 is 44.1. The summed E-state index contributed by atoms with van der Waals surface area (Å²) in [4.78, 5) is 25.0. The first-order valence-corrected chi connectivity index (χ1v) is 10.7. The summed E-state index contributed by atoms with van der Waals surface area (Å²) >= 11 is 0. The predicted molar refractivity (Wildman–Crippen MR) is 104 cm³/mol. The molecule has 3 fully saturated rings. The maximum atomic E-state index is 12.8. The molecule has 2 N–H and O–H groups in total. The highest BCUT2D eigenvalue weighted by molar-refractivity contribution is 6.35. The van der Waals surface area contributed by atoms with E-state index in [0.29, 0.717) is 13.0 Å². The molecule has 0 spiro atoms. The van der Waals surface area contributed by atoms with Gasteiger partial charge in [0.2, 0.25) is 0 Å². The van der Waals surface area contributed by atoms with Crippen molar-refractivity contribution in [3.63, 3.8) is 0 Å². The molecule has 1 saturated heterocycles. The number of rotatable bonds is 3. The third-order valence-corrected chi connectivity index (χ3v) is 6.80. The smallest absolute Gasteiger partial charge is 0.378 e. The topological polar surface area (TPSA) is 67.4 Å². The van der Waals surface area contributed by atoms with Crippen LogP contribution in [0.15, 0.2) is 24.3 Å². The van der Waals surface area contributed by atoms with E-state index >= 15 is 0 Å². The fourth-order valence-electron chi connectivity index (χ4n) is 5.27. The van der Waals surface area contributed by atoms with Crippen LogP contribution in [0.4, 0.5) is 13.2 Å². The number of halogens is 3. The van der Waals surface area contributed by atoms with Crippen LogP contribution in [0.1, 0.15) is 62.0 Å². The van der Waals surface area contributed by atoms with Gasteiger partial charge in [-0.15, -0.1) is 0 Å². The number of hydrogen-bond acceptors (Lipinski definition) is 3. The van der Waals surface area contributed by atoms with Crippen molar-refractivity contribution in [3.05, 3.63) is 35.4 Å². The van der Waals surface area contributed by atoms with Crippen molar-refractivity contribution >= 4 is 11.8 Å². The summed E-state index contributed by atoms with van der Waals surface area (Å²) in [6.07, 6.45) is 1.83. The fraction of sp³-hybridized carbons (Fsp3) is 0.636. The van der Waals surface area contributed by atoms with Crippen molar-refractivity contribution in [2.75, 3.05) is 6.61 Å². The van der Waals surface area contributed by atoms with Gasteiger partial charge >= 0.3 is 18.0 Å². The quantitative estimate of drug-likeness (QED) is 0.730. The van der Waals surface area contributed by atoms with Gasteiger partial charge in [-0.3, -0.25) is 9.59 Å². The van der Waals surface area contributed by atoms with Gasteiger partial charge in [0, 0.05) is 30.5 Å². The molecule has 8 heteroatoms. The lowest BCUT2D eigenvalue weighted by Gasteiger charge is -2.33. The van der Waals surface area contributed by atoms with E-state index in [1.54, 1.807) is 0 Å². The van der Waals surface area contributed by atoms with E-state index in [2.05, 4.69) is 10.6 Å². The second kappa shape index (κ2) is 8.57. The Bertz CT molecular complexity index is 781. The molecule has 164 valence electrons. The van der Waals surface area contributed by atoms with E-state index in [1.165, 1.54) is 12.1 Å². The number of amides is 2. The van der Waals surface area contributed by atoms with Crippen molar-refractivity contribution < 1.29 is 27.5 Å². The van der Waals surface area contributed by atoms with E-state index < -0.39 is 23.6 Å². The molecule has 0 radical (unpaired) electrons. The van der Waals surface area contributed by atoms with Crippen molar-refractivity contribution in [2.24, 2.45) is 5.92 Å². The van der Waals surface area contributed by atoms with Gasteiger partial charge in [-0.25, -0.2) is 0 Å². The molecule has 3 unspecified atom stereocenters. The van der Waals surface area contributed by atoms with E-state index in [-0.39, 0.29) is 30.0 Å². The molecule has 2 saturated carbocycles. The lowest BCUT2D eigenvalue weighted by atomic mass is 9.82. The lowest BCUT2D eigenvalue weighted by Crippen LogP contribution is -2.52. The van der Waals surface area contributed by atoms with Crippen molar-refractivity contribution in [3.8, 4) is 0 Å². The first kappa shape index (κ1) is 21.2. The molecule has 1 heterocycles. The van der Waals surface area contributed by atoms with E-state index in [9.17, 15) is 22.8 Å². The normalized spacial score (nSPS) is 31.2. The molecule has 0 bridgehead atoms. The predicted octanol–water partition coefficient (Wildman–Crippen LogP) is 3.53. The van der Waals surface area contributed by atoms with Crippen molar-refractivity contribution in [2.45, 2.75) is 75.2 Å². The molecule has 3 aliphatic rings. The largest absolute Gasteiger partial charge is 0.416 e. The minimum Gasteiger partial charge on any atom is -0.378 e. The number of alkyl halides is 3. The van der Waals surface area contributed by atoms with E-state index in [4.69, 9.17) is 4.74 Å². The number of nitrogens with one attached hydrogen (secondary N) is 2. The third-order valence-electron chi connectivity index (χ3n) is 6.80. The number of hydrogen-bond donors (Lipinski definition) is 2. The van der Waals surface area contributed by atoms with Crippen molar-refractivity contribution in [1.82, 2.24) is 10.6 Å². The second-order valence-corrected chi connectivity index (χ2v) is 8.61. The summed E-state index contributed by atoms with van der Waals surface area (Å²) in [5.74, 6) is -1.13. The van der Waals surface area contributed by atoms with Crippen LogP contribution in [0, 0.1) is 5.92 Å². The van der Waals surface area contributed by atoms with E-state index in [1.807, 2.05) is 0 Å². The van der Waals surface area contributed by atoms with Crippen LogP contribution in [0.2, 0.25) is 0 Å². The Kier molecular flexibility index (Phi) is 6.04. The number of ether oxygens (including phenoxy) is 1. The zero-order chi connectivity index (χ0) is 21.3. The van der Waals surface area contributed by atoms with Crippen LogP contribution in [0.3, 0.4) is 0 Å². The monoisotopic (exact) mass is 424 g/mol. The highest BCUT2D eigenvalue weighted by Gasteiger charge is 2.39. The Morgan fingerprint density at radius 2 is 1.50 bits per heavy atom. The Labute approximate surface area is 173 Å². The first-order chi connectivity index (χ1) is 14.3. The molecule has 5 nitrogen and oxygen atoms in total. The molecule has 30 heavy (non-hydrogen) atoms. The van der Waals surface area contributed by atoms with Gasteiger partial charge in [0.15, 0.2) is 0 Å². The zero-order valence-corrected chi connectivity index (χ0v) is 16.7. The summed E-state index contributed by atoms with van der Waals surface area (Å²) in [6.45, 7) is 0.699. The number of carbonyl (C=O) groups is 2. The fourth-order valence-corrected chi connectivity index (χ4v) is 5.27. The van der Waals surface area contributed by atoms with Gasteiger partial charge in [0.05, 0.1) is 11.7 Å². The molecule has 1 aromatic carbocycles. The Balaban J connectivity index is 1.35. The molecule has 0 aromatic heterocycles. The van der Waals surface area contributed by atoms with E-state index in [0.717, 1.165) is 56.2 Å². The Morgan fingerprint density at radius 1 is 0.867 bits per heavy atom. The number of carbonyl (C=O) groups excluding carboxylic acids is 2. The third kappa shape index (κ3) is 4.48. The summed E-state index contributed by atoms with van der Waals surface area (Å²) in [5.41, 5.74) is 0.0651. The molecular weight excluding hydrogens is 397 g/mol. The van der Waals surface area contributed by atoms with Gasteiger partial charge in [-0.05, 0) is 56.2 Å². The van der Waals surface area contributed by atoms with Gasteiger partial charge < -0.3 is 15.4 Å². The van der Waals surface area contributed by atoms with Crippen molar-refractivity contribution in [1.29, 1.82) is 0 Å². The molecular formula is C22H27F3N2O3. The van der Waals surface area contributed by atoms with Crippen LogP contribution in [-0.4, -0.2) is 36.6 Å². The minimum absolute atomic E-state index is 0.0428. The summed E-state index contributed by atoms with van der Waals surface area (Å²) in [6, 6.07) is 4.79. The first-order valence-electron chi connectivity index (χ1n) is 10.7. The zero-order valence-electron chi connectivity index (χ0n) is 16.7. The number of benzene rings is 1. The van der Waals surface area contributed by atoms with Gasteiger partial charge in [0.1, 0.15) is 0 Å². The van der Waals surface area contributed by atoms with Gasteiger partial charge in [-0.1, -0.05) is 18.6 Å². The highest BCUT2D eigenvalue weighted by Crippen LogP contribution is 2.37. The van der Waals surface area contributed by atoms with Crippen LogP contribution >= 0.6 is 0 Å². The maximum Gasteiger partial charge on any atom is 0.416 e. The highest BCUT2D eigenvalue weighted by atomic mass is 19.4. The molecule has 1 aromatic rings. The molecule has 2 amide bonds. The lowest BCUT2D eigenvalue weighted by molar-refractivity contribution is -0.140. The summed E-state index contributed by atoms with van der Waals surface area (Å²) in [7, 11) is 0. The molecule has 5 atom stereocenters. The van der Waals surface area contributed by atoms with Crippen LogP contribution in [-0.2, 0) is 20.5 Å². The van der Waals surface area contributed by atoms with Gasteiger partial charge in [0.25, 0.3) is 0 Å². The minimum atomic E-state index is -4.37. The molecule has 1 aliphatic heterocycles. The van der Waals surface area contributed by atoms with Crippen LogP contribution in [0.5, 0.6) is 0 Å². The number of fused-ring (bicyclic) bond motifs is 1. The molecule has 2 aliphatic carbocycles. The van der Waals surface area contributed by atoms with Crippen LogP contribution in [0.25, 0.3) is 0 Å². The Hall–Kier alpha value is -2.09. The Morgan fingerprint density at radius 3 is 2.20 bits per heavy atom. The summed E-state index contributed by atoms with van der Waals surface area (Å²) in [5, 5.41) is 5.70. The van der Waals surface area contributed by atoms with Gasteiger partial charge in [-0.2, -0.15) is 13.2 Å².